The zero-order valence-electron chi connectivity index (χ0n) is 16.6. The molecule has 4 heterocycles. The average Bonchev–Trinajstić information content (AvgIpc) is 3.24. The van der Waals surface area contributed by atoms with Gasteiger partial charge >= 0.3 is 0 Å². The van der Waals surface area contributed by atoms with Gasteiger partial charge in [0.1, 0.15) is 12.2 Å². The lowest BCUT2D eigenvalue weighted by Crippen LogP contribution is -2.56. The third kappa shape index (κ3) is 3.20. The molecule has 10 heteroatoms. The molecule has 1 aromatic carbocycles. The summed E-state index contributed by atoms with van der Waals surface area (Å²) in [5.74, 6) is 1.48. The summed E-state index contributed by atoms with van der Waals surface area (Å²) in [5.41, 5.74) is 3.17. The highest BCUT2D eigenvalue weighted by Gasteiger charge is 2.33. The van der Waals surface area contributed by atoms with Crippen LogP contribution in [0.25, 0.3) is 11.3 Å². The lowest BCUT2D eigenvalue weighted by Gasteiger charge is -2.44. The molecule has 9 nitrogen and oxygen atoms in total. The summed E-state index contributed by atoms with van der Waals surface area (Å²) >= 11 is 6.52. The minimum absolute atomic E-state index is 0.167. The second kappa shape index (κ2) is 7.67. The van der Waals surface area contributed by atoms with E-state index < -0.39 is 0 Å². The van der Waals surface area contributed by atoms with Gasteiger partial charge in [0, 0.05) is 44.1 Å². The smallest absolute Gasteiger partial charge is 0.196 e. The molecule has 5 rings (SSSR count). The molecule has 0 aliphatic carbocycles. The van der Waals surface area contributed by atoms with Crippen molar-refractivity contribution in [2.75, 3.05) is 31.5 Å². The standard InChI is InChI=1S/C20H22ClN9/c1-13(26-18-20-23-8-11-29(20)25-12-24-18)19-27-16-5-3-4-15(21)17(16)14(2)30(19)28-9-6-22-7-10-28/h3-5,8,11-13,22H,2,6-7,9-10H2,1H3,(H,24,25,26). The number of fused-ring (bicyclic) bond motifs is 2. The van der Waals surface area contributed by atoms with Crippen LogP contribution in [0.5, 0.6) is 0 Å². The first-order chi connectivity index (χ1) is 14.6. The van der Waals surface area contributed by atoms with E-state index in [9.17, 15) is 0 Å². The van der Waals surface area contributed by atoms with Crippen LogP contribution in [0.3, 0.4) is 0 Å². The first-order valence-corrected chi connectivity index (χ1v) is 10.2. The predicted molar refractivity (Wildman–Crippen MR) is 118 cm³/mol. The van der Waals surface area contributed by atoms with Crippen LogP contribution in [0.4, 0.5) is 11.5 Å². The normalized spacial score (nSPS) is 18.3. The van der Waals surface area contributed by atoms with Crippen LogP contribution in [0.1, 0.15) is 12.5 Å². The SMILES string of the molecule is C=C1c2c(Cl)cccc2N=C(C(C)Nc2ncnn3ccnc23)N1N1CCNCC1. The van der Waals surface area contributed by atoms with Crippen molar-refractivity contribution in [2.24, 2.45) is 4.99 Å². The summed E-state index contributed by atoms with van der Waals surface area (Å²) in [6.07, 6.45) is 5.00. The molecular weight excluding hydrogens is 402 g/mol. The number of piperazine rings is 1. The monoisotopic (exact) mass is 423 g/mol. The van der Waals surface area contributed by atoms with Crippen molar-refractivity contribution in [2.45, 2.75) is 13.0 Å². The van der Waals surface area contributed by atoms with Crippen LogP contribution in [-0.4, -0.2) is 67.7 Å². The number of rotatable bonds is 4. The Morgan fingerprint density at radius 1 is 1.23 bits per heavy atom. The zero-order valence-corrected chi connectivity index (χ0v) is 17.3. The maximum absolute atomic E-state index is 6.52. The van der Waals surface area contributed by atoms with Crippen molar-refractivity contribution < 1.29 is 0 Å². The van der Waals surface area contributed by atoms with Gasteiger partial charge in [0.15, 0.2) is 11.5 Å². The largest absolute Gasteiger partial charge is 0.357 e. The van der Waals surface area contributed by atoms with Gasteiger partial charge in [-0.3, -0.25) is 5.01 Å². The van der Waals surface area contributed by atoms with Crippen molar-refractivity contribution in [3.63, 3.8) is 0 Å². The number of anilines is 1. The molecule has 3 aromatic rings. The van der Waals surface area contributed by atoms with Crippen molar-refractivity contribution >= 4 is 40.3 Å². The Labute approximate surface area is 179 Å². The van der Waals surface area contributed by atoms with Crippen molar-refractivity contribution in [3.8, 4) is 0 Å². The van der Waals surface area contributed by atoms with Crippen molar-refractivity contribution in [3.05, 3.63) is 54.1 Å². The number of nitrogens with one attached hydrogen (secondary N) is 2. The molecule has 1 unspecified atom stereocenters. The summed E-state index contributed by atoms with van der Waals surface area (Å²) in [7, 11) is 0. The van der Waals surface area contributed by atoms with E-state index in [-0.39, 0.29) is 6.04 Å². The summed E-state index contributed by atoms with van der Waals surface area (Å²) < 4.78 is 1.69. The van der Waals surface area contributed by atoms with Gasteiger partial charge in [0.05, 0.1) is 22.4 Å². The summed E-state index contributed by atoms with van der Waals surface area (Å²) in [6.45, 7) is 9.93. The van der Waals surface area contributed by atoms with E-state index in [1.807, 2.05) is 18.2 Å². The zero-order chi connectivity index (χ0) is 20.7. The number of hydrogen-bond donors (Lipinski definition) is 2. The number of hydrazine groups is 1. The number of nitrogens with zero attached hydrogens (tertiary/aromatic N) is 7. The Balaban J connectivity index is 1.55. The van der Waals surface area contributed by atoms with Crippen LogP contribution < -0.4 is 10.6 Å². The first-order valence-electron chi connectivity index (χ1n) is 9.86. The van der Waals surface area contributed by atoms with Gasteiger partial charge in [-0.25, -0.2) is 24.5 Å². The summed E-state index contributed by atoms with van der Waals surface area (Å²) in [5, 5.41) is 16.0. The summed E-state index contributed by atoms with van der Waals surface area (Å²) in [4.78, 5) is 13.7. The maximum atomic E-state index is 6.52. The molecule has 30 heavy (non-hydrogen) atoms. The van der Waals surface area contributed by atoms with E-state index in [2.05, 4.69) is 49.2 Å². The van der Waals surface area contributed by atoms with Gasteiger partial charge in [-0.1, -0.05) is 24.2 Å². The molecule has 2 aliphatic rings. The van der Waals surface area contributed by atoms with E-state index in [1.165, 1.54) is 6.33 Å². The number of aromatic nitrogens is 4. The highest BCUT2D eigenvalue weighted by Crippen LogP contribution is 2.39. The highest BCUT2D eigenvalue weighted by atomic mass is 35.5. The van der Waals surface area contributed by atoms with Gasteiger partial charge in [0.25, 0.3) is 0 Å². The van der Waals surface area contributed by atoms with E-state index in [0.29, 0.717) is 16.5 Å². The molecule has 1 fully saturated rings. The molecular formula is C20H22ClN9. The fourth-order valence-corrected chi connectivity index (χ4v) is 4.16. The second-order valence-corrected chi connectivity index (χ2v) is 7.64. The molecule has 2 N–H and O–H groups in total. The fraction of sp³-hybridized carbons (Fsp3) is 0.300. The number of amidine groups is 1. The Hall–Kier alpha value is -3.01. The van der Waals surface area contributed by atoms with E-state index in [0.717, 1.165) is 49.0 Å². The molecule has 154 valence electrons. The summed E-state index contributed by atoms with van der Waals surface area (Å²) in [6, 6.07) is 5.58. The molecule has 2 aromatic heterocycles. The van der Waals surface area contributed by atoms with Crippen molar-refractivity contribution in [1.29, 1.82) is 0 Å². The topological polar surface area (TPSA) is 86.0 Å². The molecule has 1 saturated heterocycles. The van der Waals surface area contributed by atoms with Gasteiger partial charge in [-0.2, -0.15) is 5.10 Å². The van der Waals surface area contributed by atoms with Crippen molar-refractivity contribution in [1.82, 2.24) is 34.9 Å². The van der Waals surface area contributed by atoms with Crippen LogP contribution in [0.15, 0.2) is 48.5 Å². The fourth-order valence-electron chi connectivity index (χ4n) is 3.88. The molecule has 0 bridgehead atoms. The second-order valence-electron chi connectivity index (χ2n) is 7.24. The molecule has 1 atom stereocenters. The minimum Gasteiger partial charge on any atom is -0.357 e. The number of benzene rings is 1. The molecule has 0 radical (unpaired) electrons. The van der Waals surface area contributed by atoms with Gasteiger partial charge in [0.2, 0.25) is 0 Å². The minimum atomic E-state index is -0.167. The Morgan fingerprint density at radius 3 is 2.90 bits per heavy atom. The van der Waals surface area contributed by atoms with Gasteiger partial charge < -0.3 is 10.6 Å². The third-order valence-corrected chi connectivity index (χ3v) is 5.62. The first kappa shape index (κ1) is 19.0. The van der Waals surface area contributed by atoms with Gasteiger partial charge in [-0.15, -0.1) is 0 Å². The quantitative estimate of drug-likeness (QED) is 0.666. The number of imidazole rings is 1. The van der Waals surface area contributed by atoms with Crippen LogP contribution >= 0.6 is 11.6 Å². The number of halogens is 1. The maximum Gasteiger partial charge on any atom is 0.196 e. The van der Waals surface area contributed by atoms with E-state index in [1.54, 1.807) is 16.9 Å². The van der Waals surface area contributed by atoms with Gasteiger partial charge in [-0.05, 0) is 19.1 Å². The van der Waals surface area contributed by atoms with Crippen LogP contribution in [-0.2, 0) is 0 Å². The lowest BCUT2D eigenvalue weighted by atomic mass is 10.1. The number of hydrogen-bond acceptors (Lipinski definition) is 8. The van der Waals surface area contributed by atoms with E-state index >= 15 is 0 Å². The van der Waals surface area contributed by atoms with Crippen LogP contribution in [0.2, 0.25) is 5.02 Å². The Bertz CT molecular complexity index is 1130. The average molecular weight is 424 g/mol. The Kier molecular flexibility index (Phi) is 4.86. The van der Waals surface area contributed by atoms with Crippen LogP contribution in [0, 0.1) is 0 Å². The molecule has 0 amide bonds. The van der Waals surface area contributed by atoms with E-state index in [4.69, 9.17) is 16.6 Å². The highest BCUT2D eigenvalue weighted by molar-refractivity contribution is 6.33. The predicted octanol–water partition coefficient (Wildman–Crippen LogP) is 2.41. The number of aliphatic imine (C=N–C) groups is 1. The molecule has 2 aliphatic heterocycles. The Morgan fingerprint density at radius 2 is 2.07 bits per heavy atom. The third-order valence-electron chi connectivity index (χ3n) is 5.30. The lowest BCUT2D eigenvalue weighted by molar-refractivity contribution is 0.0815. The molecule has 0 saturated carbocycles. The molecule has 0 spiro atoms.